The van der Waals surface area contributed by atoms with Crippen LogP contribution in [0.4, 0.5) is 0 Å². The van der Waals surface area contributed by atoms with E-state index < -0.39 is 0 Å². The van der Waals surface area contributed by atoms with Crippen molar-refractivity contribution in [3.63, 3.8) is 0 Å². The standard InChI is InChI=1S/C10H18N2/c11-12-6-9-2-7-1-8(3-9)5-10(12)4-7/h7-10H,1-6,11H2/t7-,8?,9?,10?/m1/s1. The van der Waals surface area contributed by atoms with Gasteiger partial charge in [-0.1, -0.05) is 0 Å². The topological polar surface area (TPSA) is 29.3 Å². The highest BCUT2D eigenvalue weighted by Crippen LogP contribution is 2.46. The first-order valence-electron chi connectivity index (χ1n) is 5.32. The molecule has 0 spiro atoms. The largest absolute Gasteiger partial charge is 0.269 e. The molecule has 4 bridgehead atoms. The maximum atomic E-state index is 6.04. The van der Waals surface area contributed by atoms with Crippen molar-refractivity contribution in [3.05, 3.63) is 0 Å². The molecule has 0 aromatic heterocycles. The maximum absolute atomic E-state index is 6.04. The Balaban J connectivity index is 1.91. The molecule has 2 saturated heterocycles. The molecule has 0 amide bonds. The van der Waals surface area contributed by atoms with E-state index in [0.29, 0.717) is 0 Å². The molecule has 4 rings (SSSR count). The number of hydrazine groups is 1. The van der Waals surface area contributed by atoms with Crippen LogP contribution in [0.1, 0.15) is 32.1 Å². The number of nitrogens with zero attached hydrogens (tertiary/aromatic N) is 1. The minimum atomic E-state index is 0.737. The summed E-state index contributed by atoms with van der Waals surface area (Å²) in [6.45, 7) is 1.18. The van der Waals surface area contributed by atoms with Crippen molar-refractivity contribution in [2.75, 3.05) is 6.54 Å². The number of nitrogens with two attached hydrogens (primary N) is 1. The van der Waals surface area contributed by atoms with Crippen LogP contribution in [0.15, 0.2) is 0 Å². The molecule has 2 N–H and O–H groups in total. The van der Waals surface area contributed by atoms with Gasteiger partial charge in [-0.2, -0.15) is 0 Å². The normalized spacial score (nSPS) is 52.8. The number of hydrogen-bond donors (Lipinski definition) is 1. The molecule has 68 valence electrons. The Labute approximate surface area is 74.1 Å². The Morgan fingerprint density at radius 3 is 2.08 bits per heavy atom. The van der Waals surface area contributed by atoms with E-state index in [1.807, 2.05) is 0 Å². The summed E-state index contributed by atoms with van der Waals surface area (Å²) in [6, 6.07) is 0.737. The lowest BCUT2D eigenvalue weighted by atomic mass is 9.68. The average molecular weight is 166 g/mol. The molecule has 4 aliphatic rings. The van der Waals surface area contributed by atoms with E-state index in [1.165, 1.54) is 38.6 Å². The summed E-state index contributed by atoms with van der Waals surface area (Å²) in [5.74, 6) is 9.03. The molecule has 4 atom stereocenters. The van der Waals surface area contributed by atoms with Gasteiger partial charge in [-0.3, -0.25) is 5.84 Å². The van der Waals surface area contributed by atoms with E-state index in [0.717, 1.165) is 23.8 Å². The van der Waals surface area contributed by atoms with E-state index in [4.69, 9.17) is 5.84 Å². The second-order valence-corrected chi connectivity index (χ2v) is 5.13. The maximum Gasteiger partial charge on any atom is 0.0246 e. The third kappa shape index (κ3) is 1.01. The van der Waals surface area contributed by atoms with Crippen LogP contribution in [0.5, 0.6) is 0 Å². The predicted octanol–water partition coefficient (Wildman–Crippen LogP) is 1.37. The van der Waals surface area contributed by atoms with Gasteiger partial charge < -0.3 is 0 Å². The lowest BCUT2D eigenvalue weighted by molar-refractivity contribution is 0.126. The van der Waals surface area contributed by atoms with Crippen molar-refractivity contribution in [1.29, 1.82) is 0 Å². The third-order valence-corrected chi connectivity index (χ3v) is 4.15. The van der Waals surface area contributed by atoms with Crippen LogP contribution >= 0.6 is 0 Å². The molecule has 12 heavy (non-hydrogen) atoms. The summed E-state index contributed by atoms with van der Waals surface area (Å²) in [6.07, 6.45) is 7.25. The fraction of sp³-hybridized carbons (Fsp3) is 1.00. The molecule has 2 aliphatic heterocycles. The van der Waals surface area contributed by atoms with Crippen molar-refractivity contribution in [2.45, 2.75) is 38.1 Å². The van der Waals surface area contributed by atoms with Crippen LogP contribution in [0.2, 0.25) is 0 Å². The van der Waals surface area contributed by atoms with Gasteiger partial charge in [0.15, 0.2) is 0 Å². The Morgan fingerprint density at radius 1 is 0.833 bits per heavy atom. The van der Waals surface area contributed by atoms with E-state index in [9.17, 15) is 0 Å². The molecule has 2 aliphatic carbocycles. The summed E-state index contributed by atoms with van der Waals surface area (Å²) in [5, 5.41) is 2.14. The van der Waals surface area contributed by atoms with Crippen molar-refractivity contribution < 1.29 is 0 Å². The van der Waals surface area contributed by atoms with Gasteiger partial charge in [-0.25, -0.2) is 5.01 Å². The molecule has 0 radical (unpaired) electrons. The van der Waals surface area contributed by atoms with Gasteiger partial charge in [0.25, 0.3) is 0 Å². The summed E-state index contributed by atoms with van der Waals surface area (Å²) in [5.41, 5.74) is 0. The van der Waals surface area contributed by atoms with Crippen molar-refractivity contribution in [2.24, 2.45) is 23.6 Å². The van der Waals surface area contributed by atoms with Gasteiger partial charge in [0.2, 0.25) is 0 Å². The zero-order valence-electron chi connectivity index (χ0n) is 7.58. The molecule has 3 unspecified atom stereocenters. The van der Waals surface area contributed by atoms with E-state index in [2.05, 4.69) is 5.01 Å². The minimum Gasteiger partial charge on any atom is -0.269 e. The van der Waals surface area contributed by atoms with E-state index >= 15 is 0 Å². The van der Waals surface area contributed by atoms with Gasteiger partial charge in [-0.05, 0) is 49.9 Å². The molecular formula is C10H18N2. The van der Waals surface area contributed by atoms with Gasteiger partial charge in [-0.15, -0.1) is 0 Å². The molecule has 2 nitrogen and oxygen atoms in total. The highest BCUT2D eigenvalue weighted by atomic mass is 15.4. The van der Waals surface area contributed by atoms with Crippen LogP contribution in [-0.2, 0) is 0 Å². The molecule has 2 heteroatoms. The van der Waals surface area contributed by atoms with Crippen molar-refractivity contribution >= 4 is 0 Å². The second-order valence-electron chi connectivity index (χ2n) is 5.13. The Kier molecular flexibility index (Phi) is 1.50. The molecule has 0 aromatic rings. The SMILES string of the molecule is NN1CC2CC3CC1C[C@H](C3)C2. The zero-order chi connectivity index (χ0) is 8.13. The quantitative estimate of drug-likeness (QED) is 0.551. The Hall–Kier alpha value is -0.0800. The van der Waals surface area contributed by atoms with Crippen LogP contribution in [-0.4, -0.2) is 17.6 Å². The van der Waals surface area contributed by atoms with E-state index in [1.54, 1.807) is 0 Å². The summed E-state index contributed by atoms with van der Waals surface area (Å²) in [7, 11) is 0. The molecule has 0 aromatic carbocycles. The Bertz CT molecular complexity index is 178. The average Bonchev–Trinajstić information content (AvgIpc) is 2.16. The van der Waals surface area contributed by atoms with Crippen LogP contribution in [0, 0.1) is 17.8 Å². The van der Waals surface area contributed by atoms with Gasteiger partial charge in [0, 0.05) is 12.6 Å². The predicted molar refractivity (Wildman–Crippen MR) is 48.2 cm³/mol. The Morgan fingerprint density at radius 2 is 1.42 bits per heavy atom. The lowest BCUT2D eigenvalue weighted by Crippen LogP contribution is -2.42. The molecule has 2 saturated carbocycles. The first-order valence-corrected chi connectivity index (χ1v) is 5.32. The van der Waals surface area contributed by atoms with Crippen LogP contribution in [0.25, 0.3) is 0 Å². The third-order valence-electron chi connectivity index (χ3n) is 4.15. The minimum absolute atomic E-state index is 0.737. The zero-order valence-corrected chi connectivity index (χ0v) is 7.58. The highest BCUT2D eigenvalue weighted by molar-refractivity contribution is 4.93. The monoisotopic (exact) mass is 166 g/mol. The second kappa shape index (κ2) is 2.46. The number of rotatable bonds is 0. The highest BCUT2D eigenvalue weighted by Gasteiger charge is 2.41. The molecule has 4 fully saturated rings. The first-order chi connectivity index (χ1) is 5.81. The van der Waals surface area contributed by atoms with Gasteiger partial charge in [0.1, 0.15) is 0 Å². The smallest absolute Gasteiger partial charge is 0.0246 e. The van der Waals surface area contributed by atoms with Gasteiger partial charge >= 0.3 is 0 Å². The molecule has 2 heterocycles. The summed E-state index contributed by atoms with van der Waals surface area (Å²) >= 11 is 0. The summed E-state index contributed by atoms with van der Waals surface area (Å²) < 4.78 is 0. The first kappa shape index (κ1) is 7.34. The van der Waals surface area contributed by atoms with Crippen molar-refractivity contribution in [1.82, 2.24) is 5.01 Å². The summed E-state index contributed by atoms with van der Waals surface area (Å²) in [4.78, 5) is 0. The van der Waals surface area contributed by atoms with Gasteiger partial charge in [0.05, 0.1) is 0 Å². The number of hydrogen-bond acceptors (Lipinski definition) is 2. The number of fused-ring (bicyclic) bond motifs is 1. The lowest BCUT2D eigenvalue weighted by Gasteiger charge is -2.38. The van der Waals surface area contributed by atoms with Crippen LogP contribution in [0.3, 0.4) is 0 Å². The fourth-order valence-electron chi connectivity index (χ4n) is 3.82. The van der Waals surface area contributed by atoms with E-state index in [-0.39, 0.29) is 0 Å². The molecular weight excluding hydrogens is 148 g/mol. The van der Waals surface area contributed by atoms with Crippen molar-refractivity contribution in [3.8, 4) is 0 Å². The fourth-order valence-corrected chi connectivity index (χ4v) is 3.82. The van der Waals surface area contributed by atoms with Crippen LogP contribution < -0.4 is 5.84 Å².